The van der Waals surface area contributed by atoms with Gasteiger partial charge in [-0.15, -0.1) is 0 Å². The molecule has 2 aliphatic carbocycles. The highest BCUT2D eigenvalue weighted by molar-refractivity contribution is 5.75. The number of aliphatic hydroxyl groups excluding tert-OH is 2. The molecular weight excluding hydrogens is 426 g/mol. The quantitative estimate of drug-likeness (QED) is 0.428. The molecule has 184 valence electrons. The molecule has 2 heterocycles. The number of methoxy groups -OCH3 is 1. The number of rotatable bonds is 3. The number of aliphatic hydroxyl groups is 2. The highest BCUT2D eigenvalue weighted by Gasteiger charge is 2.68. The molecular formula is C25H37NO7. The maximum atomic E-state index is 13.0. The van der Waals surface area contributed by atoms with Crippen molar-refractivity contribution in [3.05, 3.63) is 23.8 Å². The number of amides is 1. The normalized spacial score (nSPS) is 49.3. The van der Waals surface area contributed by atoms with Crippen LogP contribution in [0, 0.1) is 29.6 Å². The Morgan fingerprint density at radius 1 is 1.33 bits per heavy atom. The summed E-state index contributed by atoms with van der Waals surface area (Å²) in [6.07, 6.45) is 3.04. The third-order valence-corrected chi connectivity index (χ3v) is 8.32. The van der Waals surface area contributed by atoms with Gasteiger partial charge in [-0.05, 0) is 25.8 Å². The van der Waals surface area contributed by atoms with Gasteiger partial charge < -0.3 is 29.7 Å². The second-order valence-electron chi connectivity index (χ2n) is 10.4. The predicted molar refractivity (Wildman–Crippen MR) is 120 cm³/mol. The Morgan fingerprint density at radius 3 is 2.64 bits per heavy atom. The zero-order valence-electron chi connectivity index (χ0n) is 20.2. The van der Waals surface area contributed by atoms with E-state index in [9.17, 15) is 19.8 Å². The van der Waals surface area contributed by atoms with E-state index < -0.39 is 36.0 Å². The standard InChI is InChI=1S/C25H37NO7/c1-11-9-12(2)25-16(10-18(31-6)24(30)32-22(11)14(4)27)7-8-17-19(25)21(29)13(3)20(23(17)33-25)26-15(5)28/h7-9,11,13-14,16-23,27,29H,10H2,1-6H3,(H,26,28)/b12-9+/t11-,13+,14+,16-,17-,18-,19+,20+,21-,22-,23-,25+/m0/s1. The van der Waals surface area contributed by atoms with Crippen LogP contribution in [0.5, 0.6) is 0 Å². The summed E-state index contributed by atoms with van der Waals surface area (Å²) in [5.41, 5.74) is 0.0895. The molecule has 1 saturated heterocycles. The first-order valence-corrected chi connectivity index (χ1v) is 11.9. The van der Waals surface area contributed by atoms with Crippen LogP contribution in [-0.4, -0.2) is 71.4 Å². The minimum atomic E-state index is -0.865. The lowest BCUT2D eigenvalue weighted by atomic mass is 9.57. The van der Waals surface area contributed by atoms with Crippen molar-refractivity contribution < 1.29 is 34.0 Å². The Hall–Kier alpha value is -1.74. The minimum absolute atomic E-state index is 0.0635. The van der Waals surface area contributed by atoms with E-state index in [0.717, 1.165) is 5.57 Å². The molecule has 8 nitrogen and oxygen atoms in total. The van der Waals surface area contributed by atoms with Crippen LogP contribution in [0.4, 0.5) is 0 Å². The molecule has 0 aromatic heterocycles. The monoisotopic (exact) mass is 463 g/mol. The van der Waals surface area contributed by atoms with E-state index in [2.05, 4.69) is 17.5 Å². The highest BCUT2D eigenvalue weighted by atomic mass is 16.6. The predicted octanol–water partition coefficient (Wildman–Crippen LogP) is 1.35. The Bertz CT molecular complexity index is 854. The van der Waals surface area contributed by atoms with Gasteiger partial charge in [-0.3, -0.25) is 4.79 Å². The fourth-order valence-electron chi connectivity index (χ4n) is 6.82. The zero-order chi connectivity index (χ0) is 24.2. The van der Waals surface area contributed by atoms with Crippen molar-refractivity contribution in [1.82, 2.24) is 5.32 Å². The van der Waals surface area contributed by atoms with Gasteiger partial charge in [-0.1, -0.05) is 32.1 Å². The second-order valence-corrected chi connectivity index (χ2v) is 10.4. The lowest BCUT2D eigenvalue weighted by Crippen LogP contribution is -2.59. The third-order valence-electron chi connectivity index (χ3n) is 8.32. The first-order chi connectivity index (χ1) is 15.5. The molecule has 0 radical (unpaired) electrons. The molecule has 0 aromatic carbocycles. The van der Waals surface area contributed by atoms with E-state index in [1.807, 2.05) is 26.8 Å². The first kappa shape index (κ1) is 24.4. The van der Waals surface area contributed by atoms with Gasteiger partial charge in [-0.25, -0.2) is 4.79 Å². The van der Waals surface area contributed by atoms with Crippen LogP contribution >= 0.6 is 0 Å². The minimum Gasteiger partial charge on any atom is -0.457 e. The fraction of sp³-hybridized carbons (Fsp3) is 0.760. The molecule has 1 amide bonds. The van der Waals surface area contributed by atoms with Crippen molar-refractivity contribution >= 4 is 11.9 Å². The molecule has 4 aliphatic rings. The molecule has 4 bridgehead atoms. The molecule has 0 unspecified atom stereocenters. The Kier molecular flexibility index (Phi) is 6.50. The van der Waals surface area contributed by atoms with Crippen LogP contribution in [0.1, 0.15) is 41.0 Å². The van der Waals surface area contributed by atoms with Crippen LogP contribution < -0.4 is 5.32 Å². The maximum absolute atomic E-state index is 13.0. The Labute approximate surface area is 195 Å². The van der Waals surface area contributed by atoms with Crippen molar-refractivity contribution in [3.63, 3.8) is 0 Å². The van der Waals surface area contributed by atoms with Crippen LogP contribution in [0.2, 0.25) is 0 Å². The van der Waals surface area contributed by atoms with Gasteiger partial charge in [0.05, 0.1) is 24.4 Å². The lowest BCUT2D eigenvalue weighted by Gasteiger charge is -2.49. The van der Waals surface area contributed by atoms with Crippen LogP contribution in [0.3, 0.4) is 0 Å². The van der Waals surface area contributed by atoms with Crippen molar-refractivity contribution in [2.24, 2.45) is 29.6 Å². The molecule has 12 atom stereocenters. The van der Waals surface area contributed by atoms with Crippen molar-refractivity contribution in [1.29, 1.82) is 0 Å². The van der Waals surface area contributed by atoms with E-state index in [1.165, 1.54) is 14.0 Å². The molecule has 0 aromatic rings. The van der Waals surface area contributed by atoms with Crippen molar-refractivity contribution in [2.45, 2.75) is 83.2 Å². The summed E-state index contributed by atoms with van der Waals surface area (Å²) < 4.78 is 18.1. The maximum Gasteiger partial charge on any atom is 0.335 e. The lowest BCUT2D eigenvalue weighted by molar-refractivity contribution is -0.172. The number of hydrogen-bond donors (Lipinski definition) is 3. The summed E-state index contributed by atoms with van der Waals surface area (Å²) in [7, 11) is 1.47. The summed E-state index contributed by atoms with van der Waals surface area (Å²) in [6.45, 7) is 8.93. The number of carbonyl (C=O) groups excluding carboxylic acids is 2. The number of cyclic esters (lactones) is 1. The van der Waals surface area contributed by atoms with Crippen molar-refractivity contribution in [2.75, 3.05) is 7.11 Å². The van der Waals surface area contributed by atoms with Gasteiger partial charge in [0.1, 0.15) is 11.7 Å². The zero-order valence-corrected chi connectivity index (χ0v) is 20.2. The van der Waals surface area contributed by atoms with Crippen LogP contribution in [0.25, 0.3) is 0 Å². The number of ether oxygens (including phenoxy) is 3. The van der Waals surface area contributed by atoms with Gasteiger partial charge in [0, 0.05) is 43.6 Å². The SMILES string of the molecule is CO[C@H]1C[C@@H]2C=C[C@@H]3[C@@H]4O[C@@]2(/C(C)=C/[C@H](C)[C@@H]([C@@H](C)O)OC1=O)[C@H]3[C@@H](O)[C@H](C)[C@H]4NC(C)=O. The molecule has 2 aliphatic heterocycles. The van der Waals surface area contributed by atoms with Gasteiger partial charge in [0.15, 0.2) is 6.10 Å². The molecule has 2 fully saturated rings. The van der Waals surface area contributed by atoms with Gasteiger partial charge >= 0.3 is 5.97 Å². The van der Waals surface area contributed by atoms with Crippen molar-refractivity contribution in [3.8, 4) is 0 Å². The second kappa shape index (κ2) is 8.80. The van der Waals surface area contributed by atoms with E-state index >= 15 is 0 Å². The van der Waals surface area contributed by atoms with Crippen LogP contribution in [-0.2, 0) is 23.8 Å². The number of esters is 1. The number of nitrogens with one attached hydrogen (secondary N) is 1. The molecule has 1 spiro atoms. The van der Waals surface area contributed by atoms with E-state index in [0.29, 0.717) is 6.42 Å². The fourth-order valence-corrected chi connectivity index (χ4v) is 6.82. The molecule has 4 rings (SSSR count). The summed E-state index contributed by atoms with van der Waals surface area (Å²) in [6, 6.07) is -0.324. The van der Waals surface area contributed by atoms with Gasteiger partial charge in [0.25, 0.3) is 0 Å². The topological polar surface area (TPSA) is 114 Å². The van der Waals surface area contributed by atoms with Gasteiger partial charge in [-0.2, -0.15) is 0 Å². The largest absolute Gasteiger partial charge is 0.457 e. The molecule has 8 heteroatoms. The third kappa shape index (κ3) is 3.75. The molecule has 33 heavy (non-hydrogen) atoms. The molecule has 3 N–H and O–H groups in total. The average molecular weight is 464 g/mol. The van der Waals surface area contributed by atoms with E-state index in [1.54, 1.807) is 6.92 Å². The summed E-state index contributed by atoms with van der Waals surface area (Å²) >= 11 is 0. The van der Waals surface area contributed by atoms with E-state index in [-0.39, 0.29) is 47.6 Å². The average Bonchev–Trinajstić information content (AvgIpc) is 2.94. The summed E-state index contributed by atoms with van der Waals surface area (Å²) in [5.74, 6) is -1.67. The molecule has 1 saturated carbocycles. The number of carbonyl (C=O) groups is 2. The van der Waals surface area contributed by atoms with Crippen LogP contribution in [0.15, 0.2) is 23.8 Å². The first-order valence-electron chi connectivity index (χ1n) is 11.9. The van der Waals surface area contributed by atoms with E-state index in [4.69, 9.17) is 14.2 Å². The smallest absolute Gasteiger partial charge is 0.335 e. The Morgan fingerprint density at radius 2 is 2.03 bits per heavy atom. The summed E-state index contributed by atoms with van der Waals surface area (Å²) in [5, 5.41) is 24.9. The Balaban J connectivity index is 1.85. The van der Waals surface area contributed by atoms with Gasteiger partial charge in [0.2, 0.25) is 5.91 Å². The number of hydrogen-bond acceptors (Lipinski definition) is 7. The summed E-state index contributed by atoms with van der Waals surface area (Å²) in [4.78, 5) is 24.9. The highest BCUT2D eigenvalue weighted by Crippen LogP contribution is 2.60.